The standard InChI is InChI=1S/2C12H20N2/c1-13(2)9-11-5-7-12(8-6-11)10-14(3)4;1-13(2)9-11-6-5-7-12(8-11)10-14(3)4/h2*5-8H,9-10H2,1-4H3. The van der Waals surface area contributed by atoms with E-state index in [1.54, 1.807) is 0 Å². The van der Waals surface area contributed by atoms with Crippen LogP contribution in [0.15, 0.2) is 48.5 Å². The normalized spacial score (nSPS) is 11.3. The molecule has 0 bridgehead atoms. The number of rotatable bonds is 8. The van der Waals surface area contributed by atoms with Crippen LogP contribution in [-0.2, 0) is 26.2 Å². The van der Waals surface area contributed by atoms with Crippen molar-refractivity contribution in [2.45, 2.75) is 26.2 Å². The minimum Gasteiger partial charge on any atom is -0.305 e. The van der Waals surface area contributed by atoms with Crippen molar-refractivity contribution in [1.82, 2.24) is 19.6 Å². The molecule has 0 unspecified atom stereocenters. The summed E-state index contributed by atoms with van der Waals surface area (Å²) in [5.41, 5.74) is 5.51. The highest BCUT2D eigenvalue weighted by Gasteiger charge is 1.99. The molecule has 2 aromatic rings. The van der Waals surface area contributed by atoms with Gasteiger partial charge in [0.1, 0.15) is 0 Å². The summed E-state index contributed by atoms with van der Waals surface area (Å²) in [6.07, 6.45) is 0. The molecular formula is C24H40N4. The third-order valence-electron chi connectivity index (χ3n) is 4.01. The van der Waals surface area contributed by atoms with Crippen molar-refractivity contribution in [3.05, 3.63) is 70.8 Å². The van der Waals surface area contributed by atoms with Crippen LogP contribution in [0.3, 0.4) is 0 Å². The Balaban J connectivity index is 0.000000280. The van der Waals surface area contributed by atoms with Gasteiger partial charge in [-0.15, -0.1) is 0 Å². The fourth-order valence-electron chi connectivity index (χ4n) is 3.04. The van der Waals surface area contributed by atoms with E-state index in [-0.39, 0.29) is 0 Å². The summed E-state index contributed by atoms with van der Waals surface area (Å²) in [4.78, 5) is 8.74. The van der Waals surface area contributed by atoms with Gasteiger partial charge in [-0.1, -0.05) is 48.5 Å². The third kappa shape index (κ3) is 11.2. The largest absolute Gasteiger partial charge is 0.305 e. The molecule has 0 saturated carbocycles. The molecule has 28 heavy (non-hydrogen) atoms. The van der Waals surface area contributed by atoms with Gasteiger partial charge in [0.05, 0.1) is 0 Å². The van der Waals surface area contributed by atoms with Gasteiger partial charge in [-0.3, -0.25) is 0 Å². The van der Waals surface area contributed by atoms with E-state index in [1.165, 1.54) is 22.3 Å². The van der Waals surface area contributed by atoms with Gasteiger partial charge in [0.2, 0.25) is 0 Å². The maximum Gasteiger partial charge on any atom is 0.0227 e. The summed E-state index contributed by atoms with van der Waals surface area (Å²) in [5.74, 6) is 0. The van der Waals surface area contributed by atoms with Crippen molar-refractivity contribution in [3.63, 3.8) is 0 Å². The van der Waals surface area contributed by atoms with Crippen molar-refractivity contribution >= 4 is 0 Å². The highest BCUT2D eigenvalue weighted by molar-refractivity contribution is 5.23. The van der Waals surface area contributed by atoms with Crippen molar-refractivity contribution in [2.75, 3.05) is 56.4 Å². The third-order valence-corrected chi connectivity index (χ3v) is 4.01. The quantitative estimate of drug-likeness (QED) is 0.689. The summed E-state index contributed by atoms with van der Waals surface area (Å²) in [6, 6.07) is 17.6. The molecule has 0 fully saturated rings. The van der Waals surface area contributed by atoms with E-state index >= 15 is 0 Å². The van der Waals surface area contributed by atoms with E-state index in [2.05, 4.69) is 125 Å². The zero-order valence-electron chi connectivity index (χ0n) is 19.2. The second-order valence-corrected chi connectivity index (χ2v) is 8.59. The van der Waals surface area contributed by atoms with Crippen molar-refractivity contribution < 1.29 is 0 Å². The van der Waals surface area contributed by atoms with Crippen LogP contribution >= 0.6 is 0 Å². The second-order valence-electron chi connectivity index (χ2n) is 8.59. The molecule has 0 spiro atoms. The van der Waals surface area contributed by atoms with Gasteiger partial charge in [-0.05, 0) is 78.6 Å². The lowest BCUT2D eigenvalue weighted by Gasteiger charge is -2.13. The van der Waals surface area contributed by atoms with E-state index < -0.39 is 0 Å². The monoisotopic (exact) mass is 384 g/mol. The minimum atomic E-state index is 1.02. The molecule has 156 valence electrons. The summed E-state index contributed by atoms with van der Waals surface area (Å²) in [6.45, 7) is 4.06. The maximum atomic E-state index is 2.28. The van der Waals surface area contributed by atoms with Gasteiger partial charge in [0, 0.05) is 26.2 Å². The Labute approximate surface area is 173 Å². The van der Waals surface area contributed by atoms with Gasteiger partial charge in [-0.25, -0.2) is 0 Å². The van der Waals surface area contributed by atoms with Gasteiger partial charge < -0.3 is 19.6 Å². The lowest BCUT2D eigenvalue weighted by molar-refractivity contribution is 0.395. The average Bonchev–Trinajstić information content (AvgIpc) is 2.55. The van der Waals surface area contributed by atoms with Crippen LogP contribution in [0.25, 0.3) is 0 Å². The van der Waals surface area contributed by atoms with Gasteiger partial charge in [-0.2, -0.15) is 0 Å². The Morgan fingerprint density at radius 3 is 1.00 bits per heavy atom. The molecule has 0 aromatic heterocycles. The Morgan fingerprint density at radius 2 is 0.714 bits per heavy atom. The highest BCUT2D eigenvalue weighted by atomic mass is 15.1. The first-order valence-corrected chi connectivity index (χ1v) is 9.90. The summed E-state index contributed by atoms with van der Waals surface area (Å²) in [5, 5.41) is 0. The molecule has 0 N–H and O–H groups in total. The maximum absolute atomic E-state index is 2.28. The van der Waals surface area contributed by atoms with Crippen LogP contribution in [0.1, 0.15) is 22.3 Å². The fourth-order valence-corrected chi connectivity index (χ4v) is 3.04. The molecule has 0 radical (unpaired) electrons. The van der Waals surface area contributed by atoms with Crippen molar-refractivity contribution in [3.8, 4) is 0 Å². The van der Waals surface area contributed by atoms with E-state index in [1.807, 2.05) is 0 Å². The summed E-state index contributed by atoms with van der Waals surface area (Å²) >= 11 is 0. The molecule has 0 heterocycles. The Hall–Kier alpha value is -1.72. The lowest BCUT2D eigenvalue weighted by atomic mass is 10.1. The molecule has 0 amide bonds. The topological polar surface area (TPSA) is 13.0 Å². The molecule has 0 aliphatic carbocycles. The van der Waals surface area contributed by atoms with Gasteiger partial charge >= 0.3 is 0 Å². The van der Waals surface area contributed by atoms with Crippen molar-refractivity contribution in [2.24, 2.45) is 0 Å². The van der Waals surface area contributed by atoms with E-state index in [4.69, 9.17) is 0 Å². The Bertz CT molecular complexity index is 606. The number of benzene rings is 2. The predicted octanol–water partition coefficient (Wildman–Crippen LogP) is 3.62. The SMILES string of the molecule is CN(C)Cc1ccc(CN(C)C)cc1.CN(C)Cc1cccc(CN(C)C)c1. The summed E-state index contributed by atoms with van der Waals surface area (Å²) < 4.78 is 0. The average molecular weight is 385 g/mol. The van der Waals surface area contributed by atoms with E-state index in [0.29, 0.717) is 0 Å². The molecular weight excluding hydrogens is 344 g/mol. The lowest BCUT2D eigenvalue weighted by Crippen LogP contribution is -2.13. The molecule has 0 atom stereocenters. The van der Waals surface area contributed by atoms with Crippen LogP contribution in [0.4, 0.5) is 0 Å². The predicted molar refractivity (Wildman–Crippen MR) is 122 cm³/mol. The highest BCUT2D eigenvalue weighted by Crippen LogP contribution is 2.08. The van der Waals surface area contributed by atoms with E-state index in [0.717, 1.165) is 26.2 Å². The first-order valence-electron chi connectivity index (χ1n) is 9.90. The number of hydrogen-bond donors (Lipinski definition) is 0. The van der Waals surface area contributed by atoms with Crippen LogP contribution < -0.4 is 0 Å². The van der Waals surface area contributed by atoms with Crippen LogP contribution in [0.2, 0.25) is 0 Å². The molecule has 0 saturated heterocycles. The zero-order chi connectivity index (χ0) is 21.1. The van der Waals surface area contributed by atoms with E-state index in [9.17, 15) is 0 Å². The van der Waals surface area contributed by atoms with Crippen LogP contribution in [-0.4, -0.2) is 76.0 Å². The van der Waals surface area contributed by atoms with Crippen molar-refractivity contribution in [1.29, 1.82) is 0 Å². The molecule has 2 aromatic carbocycles. The first-order chi connectivity index (χ1) is 13.2. The smallest absolute Gasteiger partial charge is 0.0227 e. The number of hydrogen-bond acceptors (Lipinski definition) is 4. The minimum absolute atomic E-state index is 1.02. The first kappa shape index (κ1) is 24.3. The molecule has 0 aliphatic rings. The van der Waals surface area contributed by atoms with Crippen LogP contribution in [0.5, 0.6) is 0 Å². The van der Waals surface area contributed by atoms with Gasteiger partial charge in [0.25, 0.3) is 0 Å². The Kier molecular flexibility index (Phi) is 11.0. The molecule has 4 nitrogen and oxygen atoms in total. The molecule has 4 heteroatoms. The fraction of sp³-hybridized carbons (Fsp3) is 0.500. The second kappa shape index (κ2) is 12.7. The summed E-state index contributed by atoms with van der Waals surface area (Å²) in [7, 11) is 16.7. The van der Waals surface area contributed by atoms with Crippen LogP contribution in [0, 0.1) is 0 Å². The molecule has 2 rings (SSSR count). The Morgan fingerprint density at radius 1 is 0.429 bits per heavy atom. The number of nitrogens with zero attached hydrogens (tertiary/aromatic N) is 4. The zero-order valence-corrected chi connectivity index (χ0v) is 19.2. The van der Waals surface area contributed by atoms with Gasteiger partial charge in [0.15, 0.2) is 0 Å². The molecule has 0 aliphatic heterocycles.